The average Bonchev–Trinajstić information content (AvgIpc) is 2.82. The van der Waals surface area contributed by atoms with Crippen LogP contribution in [0.25, 0.3) is 11.2 Å². The minimum absolute atomic E-state index is 0.0344. The SMILES string of the molecule is CC1(C)CCC[C@H](CC(=O)Nc2nc3ccc(Cl)nc3n2C2CCC2)O1. The second-order valence-corrected chi connectivity index (χ2v) is 8.40. The van der Waals surface area contributed by atoms with Gasteiger partial charge in [-0.2, -0.15) is 0 Å². The van der Waals surface area contributed by atoms with Gasteiger partial charge in [0, 0.05) is 6.04 Å². The summed E-state index contributed by atoms with van der Waals surface area (Å²) in [5.41, 5.74) is 1.35. The zero-order valence-corrected chi connectivity index (χ0v) is 16.1. The van der Waals surface area contributed by atoms with Crippen LogP contribution < -0.4 is 5.32 Å². The van der Waals surface area contributed by atoms with E-state index in [4.69, 9.17) is 16.3 Å². The molecule has 1 aliphatic heterocycles. The predicted molar refractivity (Wildman–Crippen MR) is 101 cm³/mol. The number of amides is 1. The number of rotatable bonds is 4. The van der Waals surface area contributed by atoms with Crippen molar-refractivity contribution in [1.29, 1.82) is 0 Å². The highest BCUT2D eigenvalue weighted by Crippen LogP contribution is 2.37. The molecule has 1 amide bonds. The molecule has 2 aliphatic rings. The number of halogens is 1. The van der Waals surface area contributed by atoms with Crippen molar-refractivity contribution in [2.24, 2.45) is 0 Å². The third kappa shape index (κ3) is 3.58. The first kappa shape index (κ1) is 17.7. The second-order valence-electron chi connectivity index (χ2n) is 8.01. The number of carbonyl (C=O) groups excluding carboxylic acids is 1. The summed E-state index contributed by atoms with van der Waals surface area (Å²) in [5, 5.41) is 3.43. The molecule has 140 valence electrons. The Labute approximate surface area is 158 Å². The van der Waals surface area contributed by atoms with Crippen LogP contribution in [0.1, 0.15) is 64.8 Å². The second kappa shape index (κ2) is 6.82. The summed E-state index contributed by atoms with van der Waals surface area (Å²) < 4.78 is 8.08. The van der Waals surface area contributed by atoms with Gasteiger partial charge in [-0.25, -0.2) is 9.97 Å². The number of aromatic nitrogens is 3. The van der Waals surface area contributed by atoms with E-state index < -0.39 is 0 Å². The van der Waals surface area contributed by atoms with E-state index in [-0.39, 0.29) is 17.6 Å². The van der Waals surface area contributed by atoms with Crippen LogP contribution in [-0.4, -0.2) is 32.1 Å². The van der Waals surface area contributed by atoms with Crippen molar-refractivity contribution in [2.75, 3.05) is 5.32 Å². The van der Waals surface area contributed by atoms with Gasteiger partial charge in [-0.05, 0) is 64.5 Å². The standard InChI is InChI=1S/C19H25ClN4O2/c1-19(2)10-4-7-13(26-19)11-16(25)23-18-21-14-8-9-15(20)22-17(14)24(18)12-5-3-6-12/h8-9,12-13H,3-7,10-11H2,1-2H3,(H,21,23,25)/t13-/m1/s1. The molecular formula is C19H25ClN4O2. The molecule has 2 aromatic rings. The summed E-state index contributed by atoms with van der Waals surface area (Å²) in [7, 11) is 0. The van der Waals surface area contributed by atoms with Crippen molar-refractivity contribution in [1.82, 2.24) is 14.5 Å². The molecule has 1 saturated carbocycles. The lowest BCUT2D eigenvalue weighted by molar-refractivity contribution is -0.131. The number of pyridine rings is 1. The van der Waals surface area contributed by atoms with E-state index in [2.05, 4.69) is 29.1 Å². The normalized spacial score (nSPS) is 23.0. The van der Waals surface area contributed by atoms with E-state index >= 15 is 0 Å². The number of hydrogen-bond donors (Lipinski definition) is 1. The van der Waals surface area contributed by atoms with Crippen molar-refractivity contribution >= 4 is 34.6 Å². The molecule has 4 rings (SSSR count). The Balaban J connectivity index is 1.54. The van der Waals surface area contributed by atoms with Gasteiger partial charge in [0.1, 0.15) is 10.7 Å². The van der Waals surface area contributed by atoms with E-state index in [1.807, 2.05) is 10.6 Å². The Morgan fingerprint density at radius 2 is 2.12 bits per heavy atom. The number of ether oxygens (including phenoxy) is 1. The van der Waals surface area contributed by atoms with Crippen LogP contribution in [0.3, 0.4) is 0 Å². The largest absolute Gasteiger partial charge is 0.372 e. The minimum atomic E-state index is -0.150. The summed E-state index contributed by atoms with van der Waals surface area (Å²) in [6.07, 6.45) is 6.70. The molecule has 0 aromatic carbocycles. The summed E-state index contributed by atoms with van der Waals surface area (Å²) in [5.74, 6) is 0.509. The lowest BCUT2D eigenvalue weighted by Crippen LogP contribution is -2.37. The molecule has 1 atom stereocenters. The zero-order chi connectivity index (χ0) is 18.3. The van der Waals surface area contributed by atoms with Crippen LogP contribution in [0.5, 0.6) is 0 Å². The minimum Gasteiger partial charge on any atom is -0.372 e. The predicted octanol–water partition coefficient (Wildman–Crippen LogP) is 4.49. The molecular weight excluding hydrogens is 352 g/mol. The van der Waals surface area contributed by atoms with Crippen molar-refractivity contribution in [3.05, 3.63) is 17.3 Å². The smallest absolute Gasteiger partial charge is 0.229 e. The van der Waals surface area contributed by atoms with E-state index in [9.17, 15) is 4.79 Å². The molecule has 2 aromatic heterocycles. The van der Waals surface area contributed by atoms with Gasteiger partial charge in [0.25, 0.3) is 0 Å². The summed E-state index contributed by atoms with van der Waals surface area (Å²) in [6.45, 7) is 4.17. The van der Waals surface area contributed by atoms with Gasteiger partial charge < -0.3 is 4.74 Å². The number of hydrogen-bond acceptors (Lipinski definition) is 4. The number of nitrogens with one attached hydrogen (secondary N) is 1. The van der Waals surface area contributed by atoms with Gasteiger partial charge in [0.15, 0.2) is 5.65 Å². The van der Waals surface area contributed by atoms with Crippen molar-refractivity contribution in [2.45, 2.75) is 76.5 Å². The Bertz CT molecular complexity index is 828. The van der Waals surface area contributed by atoms with Crippen molar-refractivity contribution < 1.29 is 9.53 Å². The highest BCUT2D eigenvalue weighted by atomic mass is 35.5. The molecule has 1 N–H and O–H groups in total. The third-order valence-corrected chi connectivity index (χ3v) is 5.61. The monoisotopic (exact) mass is 376 g/mol. The maximum absolute atomic E-state index is 12.6. The Hall–Kier alpha value is -1.66. The number of anilines is 1. The molecule has 1 saturated heterocycles. The lowest BCUT2D eigenvalue weighted by atomic mass is 9.93. The van der Waals surface area contributed by atoms with Gasteiger partial charge in [0.05, 0.1) is 18.1 Å². The molecule has 7 heteroatoms. The first-order chi connectivity index (χ1) is 12.4. The van der Waals surface area contributed by atoms with Crippen LogP contribution in [0.2, 0.25) is 5.15 Å². The first-order valence-electron chi connectivity index (χ1n) is 9.43. The fourth-order valence-electron chi connectivity index (χ4n) is 3.88. The summed E-state index contributed by atoms with van der Waals surface area (Å²) in [6, 6.07) is 3.90. The molecule has 0 bridgehead atoms. The molecule has 0 spiro atoms. The van der Waals surface area contributed by atoms with E-state index in [0.717, 1.165) is 43.3 Å². The summed E-state index contributed by atoms with van der Waals surface area (Å²) in [4.78, 5) is 21.6. The van der Waals surface area contributed by atoms with Crippen LogP contribution in [0.15, 0.2) is 12.1 Å². The van der Waals surface area contributed by atoms with Crippen molar-refractivity contribution in [3.8, 4) is 0 Å². The first-order valence-corrected chi connectivity index (χ1v) is 9.81. The molecule has 3 heterocycles. The van der Waals surface area contributed by atoms with E-state index in [0.29, 0.717) is 23.6 Å². The quantitative estimate of drug-likeness (QED) is 0.798. The Morgan fingerprint density at radius 3 is 2.81 bits per heavy atom. The Morgan fingerprint density at radius 1 is 1.31 bits per heavy atom. The number of nitrogens with zero attached hydrogens (tertiary/aromatic N) is 3. The summed E-state index contributed by atoms with van der Waals surface area (Å²) >= 11 is 6.07. The van der Waals surface area contributed by atoms with Crippen molar-refractivity contribution in [3.63, 3.8) is 0 Å². The lowest BCUT2D eigenvalue weighted by Gasteiger charge is -2.35. The highest BCUT2D eigenvalue weighted by Gasteiger charge is 2.31. The fourth-order valence-corrected chi connectivity index (χ4v) is 4.02. The molecule has 0 radical (unpaired) electrons. The topological polar surface area (TPSA) is 69.0 Å². The number of imidazole rings is 1. The molecule has 0 unspecified atom stereocenters. The van der Waals surface area contributed by atoms with Crippen LogP contribution in [0.4, 0.5) is 5.95 Å². The number of fused-ring (bicyclic) bond motifs is 1. The average molecular weight is 377 g/mol. The van der Waals surface area contributed by atoms with Crippen LogP contribution >= 0.6 is 11.6 Å². The molecule has 1 aliphatic carbocycles. The van der Waals surface area contributed by atoms with Crippen LogP contribution in [-0.2, 0) is 9.53 Å². The highest BCUT2D eigenvalue weighted by molar-refractivity contribution is 6.29. The molecule has 26 heavy (non-hydrogen) atoms. The van der Waals surface area contributed by atoms with Gasteiger partial charge in [-0.1, -0.05) is 11.6 Å². The fraction of sp³-hybridized carbons (Fsp3) is 0.632. The Kier molecular flexibility index (Phi) is 4.65. The van der Waals surface area contributed by atoms with Gasteiger partial charge >= 0.3 is 0 Å². The van der Waals surface area contributed by atoms with Crippen LogP contribution in [0, 0.1) is 0 Å². The van der Waals surface area contributed by atoms with Gasteiger partial charge in [-0.3, -0.25) is 14.7 Å². The van der Waals surface area contributed by atoms with Gasteiger partial charge in [-0.15, -0.1) is 0 Å². The maximum Gasteiger partial charge on any atom is 0.229 e. The number of carbonyl (C=O) groups is 1. The van der Waals surface area contributed by atoms with E-state index in [1.165, 1.54) is 6.42 Å². The molecule has 2 fully saturated rings. The zero-order valence-electron chi connectivity index (χ0n) is 15.3. The molecule has 6 nitrogen and oxygen atoms in total. The third-order valence-electron chi connectivity index (χ3n) is 5.40. The van der Waals surface area contributed by atoms with E-state index in [1.54, 1.807) is 6.07 Å². The van der Waals surface area contributed by atoms with Gasteiger partial charge in [0.2, 0.25) is 11.9 Å². The maximum atomic E-state index is 12.6.